The number of nitrogens with two attached hydrogens (primary N) is 3. The minimum absolute atomic E-state index is 0.131. The fraction of sp³-hybridized carbons (Fsp3) is 0.667. The molecule has 0 radical (unpaired) electrons. The van der Waals surface area contributed by atoms with Crippen LogP contribution in [0.1, 0.15) is 32.6 Å². The molecule has 0 saturated carbocycles. The number of carboxylic acids is 1. The molecular formula is C18H32N6O8S. The van der Waals surface area contributed by atoms with Crippen molar-refractivity contribution < 1.29 is 39.0 Å². The molecule has 33 heavy (non-hydrogen) atoms. The van der Waals surface area contributed by atoms with Crippen LogP contribution in [0.15, 0.2) is 0 Å². The lowest BCUT2D eigenvalue weighted by molar-refractivity contribution is -0.142. The average Bonchev–Trinajstić information content (AvgIpc) is 2.71. The van der Waals surface area contributed by atoms with Gasteiger partial charge in [-0.05, 0) is 31.8 Å². The molecule has 0 aliphatic rings. The van der Waals surface area contributed by atoms with Crippen LogP contribution >= 0.6 is 11.8 Å². The van der Waals surface area contributed by atoms with Crippen molar-refractivity contribution in [2.24, 2.45) is 17.2 Å². The Morgan fingerprint density at radius 2 is 1.36 bits per heavy atom. The summed E-state index contributed by atoms with van der Waals surface area (Å²) in [6.07, 6.45) is -0.577. The number of carboxylic acid groups (broad SMARTS) is 1. The molecule has 0 bridgehead atoms. The number of carbonyl (C=O) groups excluding carboxylic acids is 5. The second-order valence-corrected chi connectivity index (χ2v) is 8.23. The van der Waals surface area contributed by atoms with Crippen molar-refractivity contribution in [1.82, 2.24) is 16.0 Å². The van der Waals surface area contributed by atoms with Gasteiger partial charge in [0.15, 0.2) is 0 Å². The van der Waals surface area contributed by atoms with E-state index < -0.39 is 72.2 Å². The highest BCUT2D eigenvalue weighted by Crippen LogP contribution is 2.05. The molecule has 0 aliphatic carbocycles. The Labute approximate surface area is 194 Å². The van der Waals surface area contributed by atoms with Crippen LogP contribution in [0.2, 0.25) is 0 Å². The minimum Gasteiger partial charge on any atom is -0.480 e. The lowest BCUT2D eigenvalue weighted by atomic mass is 10.1. The van der Waals surface area contributed by atoms with Gasteiger partial charge in [0.2, 0.25) is 29.5 Å². The highest BCUT2D eigenvalue weighted by atomic mass is 32.2. The average molecular weight is 493 g/mol. The van der Waals surface area contributed by atoms with E-state index >= 15 is 0 Å². The Kier molecular flexibility index (Phi) is 13.7. The van der Waals surface area contributed by atoms with E-state index in [2.05, 4.69) is 16.0 Å². The third kappa shape index (κ3) is 12.1. The largest absolute Gasteiger partial charge is 0.480 e. The van der Waals surface area contributed by atoms with Gasteiger partial charge in [-0.1, -0.05) is 0 Å². The number of nitrogens with one attached hydrogen (secondary N) is 3. The van der Waals surface area contributed by atoms with E-state index in [1.807, 2.05) is 0 Å². The molecule has 0 aliphatic heterocycles. The van der Waals surface area contributed by atoms with Crippen LogP contribution in [-0.2, 0) is 28.8 Å². The summed E-state index contributed by atoms with van der Waals surface area (Å²) in [6, 6.07) is -5.53. The molecule has 0 spiro atoms. The van der Waals surface area contributed by atoms with Gasteiger partial charge in [0.05, 0.1) is 12.5 Å². The second kappa shape index (κ2) is 15.0. The first-order valence-electron chi connectivity index (χ1n) is 9.93. The van der Waals surface area contributed by atoms with E-state index in [4.69, 9.17) is 17.2 Å². The van der Waals surface area contributed by atoms with Gasteiger partial charge in [-0.3, -0.25) is 24.0 Å². The summed E-state index contributed by atoms with van der Waals surface area (Å²) in [6.45, 7) is 1.30. The Morgan fingerprint density at radius 3 is 1.82 bits per heavy atom. The lowest BCUT2D eigenvalue weighted by Gasteiger charge is -2.25. The highest BCUT2D eigenvalue weighted by Gasteiger charge is 2.31. The number of carbonyl (C=O) groups is 6. The van der Waals surface area contributed by atoms with Crippen LogP contribution in [0.5, 0.6) is 0 Å². The van der Waals surface area contributed by atoms with Gasteiger partial charge in [-0.15, -0.1) is 0 Å². The van der Waals surface area contributed by atoms with Crippen LogP contribution in [0.4, 0.5) is 0 Å². The number of primary amides is 2. The number of aliphatic hydroxyl groups is 1. The van der Waals surface area contributed by atoms with Crippen molar-refractivity contribution in [3.8, 4) is 0 Å². The fourth-order valence-corrected chi connectivity index (χ4v) is 2.96. The summed E-state index contributed by atoms with van der Waals surface area (Å²) in [7, 11) is 0. The van der Waals surface area contributed by atoms with E-state index in [0.29, 0.717) is 5.75 Å². The van der Waals surface area contributed by atoms with E-state index in [-0.39, 0.29) is 19.3 Å². The molecule has 5 unspecified atom stereocenters. The summed E-state index contributed by atoms with van der Waals surface area (Å²) in [5, 5.41) is 25.5. The number of hydrogen-bond acceptors (Lipinski definition) is 9. The predicted octanol–water partition coefficient (Wildman–Crippen LogP) is -3.87. The van der Waals surface area contributed by atoms with E-state index in [1.54, 1.807) is 6.26 Å². The number of hydrogen-bond donors (Lipinski definition) is 8. The number of aliphatic hydroxyl groups excluding tert-OH is 1. The van der Waals surface area contributed by atoms with Gasteiger partial charge in [0.1, 0.15) is 24.2 Å². The number of thioether (sulfide) groups is 1. The van der Waals surface area contributed by atoms with Gasteiger partial charge >= 0.3 is 5.97 Å². The summed E-state index contributed by atoms with van der Waals surface area (Å²) in [5.74, 6) is -5.44. The molecule has 11 N–H and O–H groups in total. The van der Waals surface area contributed by atoms with Crippen molar-refractivity contribution in [2.45, 2.75) is 62.9 Å². The van der Waals surface area contributed by atoms with Gasteiger partial charge in [0, 0.05) is 6.42 Å². The molecule has 0 aromatic rings. The number of rotatable bonds is 16. The summed E-state index contributed by atoms with van der Waals surface area (Å²) in [4.78, 5) is 71.2. The third-order valence-electron chi connectivity index (χ3n) is 4.40. The third-order valence-corrected chi connectivity index (χ3v) is 5.04. The van der Waals surface area contributed by atoms with Gasteiger partial charge < -0.3 is 43.4 Å². The fourth-order valence-electron chi connectivity index (χ4n) is 2.49. The van der Waals surface area contributed by atoms with Crippen molar-refractivity contribution in [3.63, 3.8) is 0 Å². The standard InChI is InChI=1S/C18H32N6O8S/c1-8(25)14(21)17(30)22-9(5-6-33-2)15(28)24-11(7-13(20)27)16(29)23-10(18(31)32)3-4-12(19)26/h8-11,14,25H,3-7,21H2,1-2H3,(H2,19,26)(H2,20,27)(H,22,30)(H,23,29)(H,24,28)(H,31,32). The number of amides is 5. The topological polar surface area (TPSA) is 257 Å². The Hall–Kier alpha value is -2.91. The molecule has 188 valence electrons. The van der Waals surface area contributed by atoms with Crippen LogP contribution in [0.25, 0.3) is 0 Å². The van der Waals surface area contributed by atoms with Crippen LogP contribution in [0, 0.1) is 0 Å². The molecule has 0 heterocycles. The lowest BCUT2D eigenvalue weighted by Crippen LogP contribution is -2.58. The summed E-state index contributed by atoms with van der Waals surface area (Å²) < 4.78 is 0. The van der Waals surface area contributed by atoms with Crippen LogP contribution in [-0.4, -0.2) is 88.0 Å². The van der Waals surface area contributed by atoms with Crippen molar-refractivity contribution >= 4 is 47.3 Å². The smallest absolute Gasteiger partial charge is 0.326 e. The van der Waals surface area contributed by atoms with E-state index in [9.17, 15) is 39.0 Å². The molecule has 15 heteroatoms. The zero-order chi connectivity index (χ0) is 25.7. The second-order valence-electron chi connectivity index (χ2n) is 7.25. The van der Waals surface area contributed by atoms with Gasteiger partial charge in [0.25, 0.3) is 0 Å². The molecule has 0 saturated heterocycles. The molecule has 0 fully saturated rings. The first kappa shape index (κ1) is 30.1. The van der Waals surface area contributed by atoms with Crippen molar-refractivity contribution in [1.29, 1.82) is 0 Å². The molecule has 5 atom stereocenters. The van der Waals surface area contributed by atoms with Crippen LogP contribution < -0.4 is 33.2 Å². The highest BCUT2D eigenvalue weighted by molar-refractivity contribution is 7.98. The minimum atomic E-state index is -1.55. The van der Waals surface area contributed by atoms with Gasteiger partial charge in [-0.2, -0.15) is 11.8 Å². The molecule has 14 nitrogen and oxygen atoms in total. The maximum atomic E-state index is 12.8. The monoisotopic (exact) mass is 492 g/mol. The molecule has 0 aromatic carbocycles. The number of aliphatic carboxylic acids is 1. The van der Waals surface area contributed by atoms with E-state index in [1.165, 1.54) is 18.7 Å². The maximum absolute atomic E-state index is 12.8. The van der Waals surface area contributed by atoms with Gasteiger partial charge in [-0.25, -0.2) is 4.79 Å². The molecule has 0 aromatic heterocycles. The normalized spacial score (nSPS) is 15.3. The Morgan fingerprint density at radius 1 is 0.848 bits per heavy atom. The summed E-state index contributed by atoms with van der Waals surface area (Å²) in [5.41, 5.74) is 15.7. The first-order valence-corrected chi connectivity index (χ1v) is 11.3. The zero-order valence-corrected chi connectivity index (χ0v) is 19.2. The SMILES string of the molecule is CSCCC(NC(=O)C(N)C(C)O)C(=O)NC(CC(N)=O)C(=O)NC(CCC(N)=O)C(=O)O. The molecule has 5 amide bonds. The summed E-state index contributed by atoms with van der Waals surface area (Å²) >= 11 is 1.38. The Balaban J connectivity index is 5.49. The van der Waals surface area contributed by atoms with Crippen molar-refractivity contribution in [3.05, 3.63) is 0 Å². The van der Waals surface area contributed by atoms with Crippen molar-refractivity contribution in [2.75, 3.05) is 12.0 Å². The van der Waals surface area contributed by atoms with Crippen LogP contribution in [0.3, 0.4) is 0 Å². The predicted molar refractivity (Wildman–Crippen MR) is 118 cm³/mol. The quantitative estimate of drug-likeness (QED) is 0.104. The zero-order valence-electron chi connectivity index (χ0n) is 18.4. The van der Waals surface area contributed by atoms with E-state index in [0.717, 1.165) is 0 Å². The maximum Gasteiger partial charge on any atom is 0.326 e. The molecular weight excluding hydrogens is 460 g/mol. The Bertz CT molecular complexity index is 735. The molecule has 0 rings (SSSR count). The first-order chi connectivity index (χ1) is 15.3.